The van der Waals surface area contributed by atoms with Crippen LogP contribution in [0, 0.1) is 0 Å². The minimum atomic E-state index is -0.191. The highest BCUT2D eigenvalue weighted by molar-refractivity contribution is 5.86. The summed E-state index contributed by atoms with van der Waals surface area (Å²) in [5, 5.41) is 0. The second-order valence-electron chi connectivity index (χ2n) is 9.42. The maximum Gasteiger partial charge on any atom is 0.127 e. The Morgan fingerprint density at radius 1 is 1.12 bits per heavy atom. The minimum absolute atomic E-state index is 0.191. The minimum Gasteiger partial charge on any atom is -0.379 e. The molecule has 2 aliphatic rings. The Kier molecular flexibility index (Phi) is 6.47. The summed E-state index contributed by atoms with van der Waals surface area (Å²) in [5.74, 6) is 0.817. The first-order valence-electron chi connectivity index (χ1n) is 12.2. The van der Waals surface area contributed by atoms with Crippen LogP contribution < -0.4 is 4.90 Å². The first-order valence-corrected chi connectivity index (χ1v) is 12.2. The van der Waals surface area contributed by atoms with Crippen molar-refractivity contribution < 1.29 is 9.53 Å². The first-order chi connectivity index (χ1) is 16.2. The van der Waals surface area contributed by atoms with Gasteiger partial charge in [-0.05, 0) is 37.5 Å². The molecule has 6 heteroatoms. The zero-order valence-corrected chi connectivity index (χ0v) is 19.7. The second-order valence-corrected chi connectivity index (χ2v) is 9.42. The number of carbonyl (C=O) groups is 1. The predicted octanol–water partition coefficient (Wildman–Crippen LogP) is 3.66. The number of hydrogen-bond acceptors (Lipinski definition) is 5. The summed E-state index contributed by atoms with van der Waals surface area (Å²) in [6, 6.07) is 15.1. The molecule has 0 N–H and O–H groups in total. The lowest BCUT2D eigenvalue weighted by Gasteiger charge is -2.34. The molecule has 2 unspecified atom stereocenters. The Bertz CT molecular complexity index is 1100. The summed E-state index contributed by atoms with van der Waals surface area (Å²) in [5.41, 5.74) is 6.00. The van der Waals surface area contributed by atoms with Crippen molar-refractivity contribution in [1.29, 1.82) is 0 Å². The van der Waals surface area contributed by atoms with Gasteiger partial charge in [-0.25, -0.2) is 4.98 Å². The van der Waals surface area contributed by atoms with Crippen molar-refractivity contribution in [3.05, 3.63) is 59.4 Å². The molecular weight excluding hydrogens is 412 g/mol. The quantitative estimate of drug-likeness (QED) is 0.519. The van der Waals surface area contributed by atoms with Gasteiger partial charge in [0.05, 0.1) is 24.2 Å². The van der Waals surface area contributed by atoms with Crippen molar-refractivity contribution in [2.75, 3.05) is 44.8 Å². The largest absolute Gasteiger partial charge is 0.379 e. The van der Waals surface area contributed by atoms with Gasteiger partial charge in [-0.15, -0.1) is 0 Å². The molecule has 1 saturated heterocycles. The van der Waals surface area contributed by atoms with E-state index in [0.29, 0.717) is 12.5 Å². The number of hydrogen-bond donors (Lipinski definition) is 0. The van der Waals surface area contributed by atoms with Gasteiger partial charge in [-0.3, -0.25) is 4.90 Å². The average molecular weight is 447 g/mol. The van der Waals surface area contributed by atoms with Crippen molar-refractivity contribution in [1.82, 2.24) is 14.5 Å². The molecule has 0 spiro atoms. The number of fused-ring (bicyclic) bond motifs is 3. The van der Waals surface area contributed by atoms with Gasteiger partial charge in [0.2, 0.25) is 0 Å². The Labute approximate surface area is 196 Å². The molecule has 0 bridgehead atoms. The fraction of sp³-hybridized carbons (Fsp3) is 0.481. The highest BCUT2D eigenvalue weighted by Crippen LogP contribution is 2.35. The number of benzene rings is 2. The summed E-state index contributed by atoms with van der Waals surface area (Å²) >= 11 is 0. The number of nitrogens with zero attached hydrogens (tertiary/aromatic N) is 4. The zero-order valence-electron chi connectivity index (χ0n) is 19.7. The van der Waals surface area contributed by atoms with Crippen molar-refractivity contribution >= 4 is 23.0 Å². The van der Waals surface area contributed by atoms with Crippen molar-refractivity contribution in [3.63, 3.8) is 0 Å². The van der Waals surface area contributed by atoms with Crippen LogP contribution in [-0.2, 0) is 28.9 Å². The van der Waals surface area contributed by atoms with E-state index >= 15 is 0 Å². The van der Waals surface area contributed by atoms with E-state index < -0.39 is 0 Å². The average Bonchev–Trinajstić information content (AvgIpc) is 3.22. The van der Waals surface area contributed by atoms with E-state index in [9.17, 15) is 4.79 Å². The Morgan fingerprint density at radius 3 is 2.67 bits per heavy atom. The van der Waals surface area contributed by atoms with Crippen LogP contribution in [0.25, 0.3) is 11.0 Å². The number of morpholine rings is 1. The van der Waals surface area contributed by atoms with Gasteiger partial charge >= 0.3 is 0 Å². The van der Waals surface area contributed by atoms with Crippen LogP contribution >= 0.6 is 0 Å². The number of ether oxygens (including phenoxy) is 1. The molecule has 3 aromatic rings. The molecule has 2 atom stereocenters. The molecule has 0 amide bonds. The molecule has 1 aromatic heterocycles. The van der Waals surface area contributed by atoms with Crippen molar-refractivity contribution in [2.45, 2.75) is 44.7 Å². The van der Waals surface area contributed by atoms with Crippen LogP contribution in [-0.4, -0.2) is 66.7 Å². The first kappa shape index (κ1) is 22.1. The molecule has 2 aliphatic heterocycles. The maximum absolute atomic E-state index is 12.1. The van der Waals surface area contributed by atoms with Crippen molar-refractivity contribution in [3.8, 4) is 0 Å². The summed E-state index contributed by atoms with van der Waals surface area (Å²) in [4.78, 5) is 22.1. The monoisotopic (exact) mass is 446 g/mol. The maximum atomic E-state index is 12.1. The number of aromatic nitrogens is 2. The normalized spacial score (nSPS) is 20.1. The molecular formula is C27H34N4O2. The number of rotatable bonds is 7. The molecule has 0 aliphatic carbocycles. The van der Waals surface area contributed by atoms with Crippen LogP contribution in [0.5, 0.6) is 0 Å². The van der Waals surface area contributed by atoms with Gasteiger partial charge in [0.15, 0.2) is 0 Å². The topological polar surface area (TPSA) is 50.6 Å². The highest BCUT2D eigenvalue weighted by Gasteiger charge is 2.26. The van der Waals surface area contributed by atoms with E-state index in [1.165, 1.54) is 16.8 Å². The zero-order chi connectivity index (χ0) is 22.8. The number of anilines is 1. The Balaban J connectivity index is 1.53. The molecule has 1 fully saturated rings. The lowest BCUT2D eigenvalue weighted by molar-refractivity contribution is -0.109. The molecule has 3 heterocycles. The third kappa shape index (κ3) is 4.42. The number of aryl methyl sites for hydroxylation is 1. The summed E-state index contributed by atoms with van der Waals surface area (Å²) in [7, 11) is 2.18. The van der Waals surface area contributed by atoms with Crippen LogP contribution in [0.4, 0.5) is 5.69 Å². The van der Waals surface area contributed by atoms with E-state index in [1.54, 1.807) is 0 Å². The van der Waals surface area contributed by atoms with Gasteiger partial charge in [-0.2, -0.15) is 0 Å². The van der Waals surface area contributed by atoms with Gasteiger partial charge in [-0.1, -0.05) is 30.3 Å². The predicted molar refractivity (Wildman–Crippen MR) is 132 cm³/mol. The summed E-state index contributed by atoms with van der Waals surface area (Å²) in [6.45, 7) is 7.67. The van der Waals surface area contributed by atoms with E-state index in [0.717, 1.165) is 75.4 Å². The van der Waals surface area contributed by atoms with E-state index in [4.69, 9.17) is 9.72 Å². The Hall–Kier alpha value is -2.70. The second kappa shape index (κ2) is 9.65. The SMILES string of the molecule is CC1CCc2c(ccc3c2nc(CC(C=O)c2ccccc2)n3CCN2CCOCC2)N1C. The van der Waals surface area contributed by atoms with Crippen LogP contribution in [0.2, 0.25) is 0 Å². The highest BCUT2D eigenvalue weighted by atomic mass is 16.5. The number of aldehydes is 1. The lowest BCUT2D eigenvalue weighted by atomic mass is 9.96. The molecule has 174 valence electrons. The standard InChI is InChI=1S/C27H34N4O2/c1-20-8-9-23-24(29(20)2)10-11-25-27(23)28-26(18-22(19-32)21-6-4-3-5-7-21)31(25)13-12-30-14-16-33-17-15-30/h3-7,10-11,19-20,22H,8-9,12-18H2,1-2H3. The number of carbonyl (C=O) groups excluding carboxylic acids is 1. The van der Waals surface area contributed by atoms with E-state index in [2.05, 4.69) is 40.5 Å². The smallest absolute Gasteiger partial charge is 0.127 e. The van der Waals surface area contributed by atoms with Gasteiger partial charge in [0.25, 0.3) is 0 Å². The Morgan fingerprint density at radius 2 is 1.91 bits per heavy atom. The van der Waals surface area contributed by atoms with Gasteiger partial charge in [0.1, 0.15) is 12.1 Å². The third-order valence-corrected chi connectivity index (χ3v) is 7.47. The molecule has 2 aromatic carbocycles. The molecule has 5 rings (SSSR count). The van der Waals surface area contributed by atoms with Crippen molar-refractivity contribution in [2.24, 2.45) is 0 Å². The fourth-order valence-electron chi connectivity index (χ4n) is 5.26. The van der Waals surface area contributed by atoms with Crippen LogP contribution in [0.15, 0.2) is 42.5 Å². The molecule has 6 nitrogen and oxygen atoms in total. The molecule has 0 radical (unpaired) electrons. The van der Waals surface area contributed by atoms with Crippen LogP contribution in [0.3, 0.4) is 0 Å². The van der Waals surface area contributed by atoms with E-state index in [-0.39, 0.29) is 5.92 Å². The van der Waals surface area contributed by atoms with Crippen LogP contribution in [0.1, 0.15) is 36.2 Å². The lowest BCUT2D eigenvalue weighted by Crippen LogP contribution is -2.38. The summed E-state index contributed by atoms with van der Waals surface area (Å²) in [6.07, 6.45) is 3.88. The molecule has 0 saturated carbocycles. The van der Waals surface area contributed by atoms with E-state index in [1.807, 2.05) is 30.3 Å². The number of imidazole rings is 1. The van der Waals surface area contributed by atoms with Gasteiger partial charge in [0, 0.05) is 62.9 Å². The fourth-order valence-corrected chi connectivity index (χ4v) is 5.26. The molecule has 33 heavy (non-hydrogen) atoms. The van der Waals surface area contributed by atoms with Gasteiger partial charge < -0.3 is 19.0 Å². The summed E-state index contributed by atoms with van der Waals surface area (Å²) < 4.78 is 7.89. The third-order valence-electron chi connectivity index (χ3n) is 7.47.